The van der Waals surface area contributed by atoms with Gasteiger partial charge < -0.3 is 15.1 Å². The Morgan fingerprint density at radius 2 is 1.73 bits per heavy atom. The number of hydrogen-bond acceptors (Lipinski definition) is 6. The largest absolute Gasteiger partial charge is 0.416 e. The van der Waals surface area contributed by atoms with E-state index in [1.54, 1.807) is 24.3 Å². The van der Waals surface area contributed by atoms with Gasteiger partial charge >= 0.3 is 0 Å². The second-order valence-corrected chi connectivity index (χ2v) is 9.04. The Morgan fingerprint density at radius 3 is 2.55 bits per heavy atom. The lowest BCUT2D eigenvalue weighted by molar-refractivity contribution is -0.113. The number of anilines is 1. The highest BCUT2D eigenvalue weighted by atomic mass is 32.2. The Bertz CT molecular complexity index is 1060. The standard InChI is InChI=1S/C25H28N4O3S/c30-22(17-33-25-29-28-24(32-25)19-11-5-2-6-12-19)27-21-14-8-7-13-20(21)23(31)26-16-15-18-9-3-1-4-10-18/h1,3-4,7-10,13-14,19H,2,5-6,11-12,15-17H2,(H,26,31)(H,27,30). The second kappa shape index (κ2) is 11.7. The van der Waals surface area contributed by atoms with Crippen molar-refractivity contribution in [3.8, 4) is 0 Å². The molecule has 172 valence electrons. The topological polar surface area (TPSA) is 97.1 Å². The SMILES string of the molecule is O=C(CSc1nnc(C2CCCCC2)o1)Nc1ccccc1C(=O)NCCc1ccccc1. The molecule has 2 N–H and O–H groups in total. The third-order valence-corrected chi connectivity index (χ3v) is 6.51. The van der Waals surface area contributed by atoms with Crippen LogP contribution in [-0.4, -0.2) is 34.3 Å². The van der Waals surface area contributed by atoms with E-state index >= 15 is 0 Å². The number of amides is 2. The smallest absolute Gasteiger partial charge is 0.277 e. The van der Waals surface area contributed by atoms with Crippen LogP contribution in [0.25, 0.3) is 0 Å². The van der Waals surface area contributed by atoms with Crippen molar-refractivity contribution >= 4 is 29.3 Å². The first-order valence-corrected chi connectivity index (χ1v) is 12.3. The van der Waals surface area contributed by atoms with Gasteiger partial charge in [-0.15, -0.1) is 10.2 Å². The lowest BCUT2D eigenvalue weighted by Crippen LogP contribution is -2.27. The molecule has 8 heteroatoms. The first kappa shape index (κ1) is 23.0. The number of carbonyl (C=O) groups excluding carboxylic acids is 2. The van der Waals surface area contributed by atoms with E-state index in [-0.39, 0.29) is 17.6 Å². The minimum Gasteiger partial charge on any atom is -0.416 e. The summed E-state index contributed by atoms with van der Waals surface area (Å²) in [5.41, 5.74) is 2.07. The molecule has 0 radical (unpaired) electrons. The van der Waals surface area contributed by atoms with Crippen LogP contribution in [0.4, 0.5) is 5.69 Å². The minimum atomic E-state index is -0.234. The maximum atomic E-state index is 12.7. The molecule has 1 fully saturated rings. The van der Waals surface area contributed by atoms with E-state index in [9.17, 15) is 9.59 Å². The van der Waals surface area contributed by atoms with E-state index < -0.39 is 0 Å². The number of carbonyl (C=O) groups is 2. The third kappa shape index (κ3) is 6.68. The molecule has 1 heterocycles. The first-order chi connectivity index (χ1) is 16.2. The number of thioether (sulfide) groups is 1. The third-order valence-electron chi connectivity index (χ3n) is 5.69. The van der Waals surface area contributed by atoms with E-state index in [2.05, 4.69) is 20.8 Å². The summed E-state index contributed by atoms with van der Waals surface area (Å²) in [6.07, 6.45) is 6.55. The summed E-state index contributed by atoms with van der Waals surface area (Å²) in [5.74, 6) is 0.679. The van der Waals surface area contributed by atoms with Crippen LogP contribution >= 0.6 is 11.8 Å². The normalized spacial score (nSPS) is 14.1. The zero-order valence-electron chi connectivity index (χ0n) is 18.5. The lowest BCUT2D eigenvalue weighted by atomic mass is 9.89. The van der Waals surface area contributed by atoms with Gasteiger partial charge in [-0.1, -0.05) is 73.5 Å². The molecule has 0 bridgehead atoms. The molecule has 0 unspecified atom stereocenters. The molecule has 2 aromatic carbocycles. The predicted molar refractivity (Wildman–Crippen MR) is 128 cm³/mol. The van der Waals surface area contributed by atoms with Gasteiger partial charge in [0.2, 0.25) is 11.8 Å². The van der Waals surface area contributed by atoms with Gasteiger partial charge in [0.25, 0.3) is 11.1 Å². The van der Waals surface area contributed by atoms with Gasteiger partial charge in [-0.2, -0.15) is 0 Å². The zero-order chi connectivity index (χ0) is 22.9. The summed E-state index contributed by atoms with van der Waals surface area (Å²) in [6.45, 7) is 0.515. The molecule has 7 nitrogen and oxygen atoms in total. The van der Waals surface area contributed by atoms with Crippen LogP contribution in [0.3, 0.4) is 0 Å². The monoisotopic (exact) mass is 464 g/mol. The number of rotatable bonds is 9. The Balaban J connectivity index is 1.27. The Hall–Kier alpha value is -3.13. The number of benzene rings is 2. The van der Waals surface area contributed by atoms with Gasteiger partial charge in [0.05, 0.1) is 17.0 Å². The molecule has 33 heavy (non-hydrogen) atoms. The summed E-state index contributed by atoms with van der Waals surface area (Å²) < 4.78 is 5.76. The van der Waals surface area contributed by atoms with Gasteiger partial charge in [0, 0.05) is 12.5 Å². The number of hydrogen-bond donors (Lipinski definition) is 2. The van der Waals surface area contributed by atoms with Gasteiger partial charge in [-0.25, -0.2) is 0 Å². The molecule has 1 saturated carbocycles. The Kier molecular flexibility index (Phi) is 8.14. The molecular formula is C25H28N4O3S. The van der Waals surface area contributed by atoms with Crippen molar-refractivity contribution in [2.75, 3.05) is 17.6 Å². The van der Waals surface area contributed by atoms with E-state index in [4.69, 9.17) is 4.42 Å². The Labute approximate surface area is 197 Å². The molecule has 2 amide bonds. The van der Waals surface area contributed by atoms with Crippen molar-refractivity contribution in [2.24, 2.45) is 0 Å². The molecule has 1 aromatic heterocycles. The molecule has 0 spiro atoms. The highest BCUT2D eigenvalue weighted by molar-refractivity contribution is 7.99. The van der Waals surface area contributed by atoms with Gasteiger partial charge in [-0.3, -0.25) is 9.59 Å². The van der Waals surface area contributed by atoms with Crippen LogP contribution < -0.4 is 10.6 Å². The maximum absolute atomic E-state index is 12.7. The fourth-order valence-electron chi connectivity index (χ4n) is 3.96. The highest BCUT2D eigenvalue weighted by Gasteiger charge is 2.22. The summed E-state index contributed by atoms with van der Waals surface area (Å²) in [5, 5.41) is 14.4. The molecule has 4 rings (SSSR count). The summed E-state index contributed by atoms with van der Waals surface area (Å²) in [7, 11) is 0. The molecule has 0 saturated heterocycles. The number of para-hydroxylation sites is 1. The average Bonchev–Trinajstić information content (AvgIpc) is 3.33. The molecule has 1 aliphatic rings. The zero-order valence-corrected chi connectivity index (χ0v) is 19.3. The van der Waals surface area contributed by atoms with Crippen LogP contribution in [0.5, 0.6) is 0 Å². The van der Waals surface area contributed by atoms with Gasteiger partial charge in [0.15, 0.2) is 0 Å². The number of aromatic nitrogens is 2. The van der Waals surface area contributed by atoms with E-state index in [0.29, 0.717) is 34.8 Å². The van der Waals surface area contributed by atoms with Crippen molar-refractivity contribution in [2.45, 2.75) is 49.7 Å². The summed E-state index contributed by atoms with van der Waals surface area (Å²) >= 11 is 1.21. The van der Waals surface area contributed by atoms with E-state index in [1.807, 2.05) is 30.3 Å². The minimum absolute atomic E-state index is 0.121. The van der Waals surface area contributed by atoms with Crippen molar-refractivity contribution in [3.05, 3.63) is 71.6 Å². The predicted octanol–water partition coefficient (Wildman–Crippen LogP) is 4.82. The lowest BCUT2D eigenvalue weighted by Gasteiger charge is -2.17. The first-order valence-electron chi connectivity index (χ1n) is 11.4. The molecule has 1 aliphatic carbocycles. The fourth-order valence-corrected chi connectivity index (χ4v) is 4.53. The molecule has 3 aromatic rings. The maximum Gasteiger partial charge on any atom is 0.277 e. The van der Waals surface area contributed by atoms with E-state index in [1.165, 1.54) is 31.0 Å². The second-order valence-electron chi connectivity index (χ2n) is 8.12. The van der Waals surface area contributed by atoms with Crippen molar-refractivity contribution < 1.29 is 14.0 Å². The highest BCUT2D eigenvalue weighted by Crippen LogP contribution is 2.32. The van der Waals surface area contributed by atoms with Crippen LogP contribution in [-0.2, 0) is 11.2 Å². The fraction of sp³-hybridized carbons (Fsp3) is 0.360. The van der Waals surface area contributed by atoms with Gasteiger partial charge in [0.1, 0.15) is 0 Å². The van der Waals surface area contributed by atoms with Crippen molar-refractivity contribution in [1.29, 1.82) is 0 Å². The van der Waals surface area contributed by atoms with Gasteiger partial charge in [-0.05, 0) is 37.0 Å². The molecular weight excluding hydrogens is 436 g/mol. The Morgan fingerprint density at radius 1 is 0.970 bits per heavy atom. The number of nitrogens with zero attached hydrogens (tertiary/aromatic N) is 2. The van der Waals surface area contributed by atoms with Crippen LogP contribution in [0.1, 0.15) is 59.8 Å². The summed E-state index contributed by atoms with van der Waals surface area (Å²) in [6, 6.07) is 17.0. The van der Waals surface area contributed by atoms with Crippen LogP contribution in [0.2, 0.25) is 0 Å². The van der Waals surface area contributed by atoms with Crippen molar-refractivity contribution in [1.82, 2.24) is 15.5 Å². The summed E-state index contributed by atoms with van der Waals surface area (Å²) in [4.78, 5) is 25.2. The van der Waals surface area contributed by atoms with Crippen LogP contribution in [0, 0.1) is 0 Å². The van der Waals surface area contributed by atoms with Crippen LogP contribution in [0.15, 0.2) is 64.2 Å². The van der Waals surface area contributed by atoms with E-state index in [0.717, 1.165) is 24.8 Å². The number of nitrogens with one attached hydrogen (secondary N) is 2. The average molecular weight is 465 g/mol. The quantitative estimate of drug-likeness (QED) is 0.441. The molecule has 0 atom stereocenters. The van der Waals surface area contributed by atoms with Crippen molar-refractivity contribution in [3.63, 3.8) is 0 Å². The molecule has 0 aliphatic heterocycles.